The zero-order chi connectivity index (χ0) is 19.2. The van der Waals surface area contributed by atoms with Crippen LogP contribution in [0.3, 0.4) is 0 Å². The second-order valence-corrected chi connectivity index (χ2v) is 7.65. The normalized spacial score (nSPS) is 18.5. The lowest BCUT2D eigenvalue weighted by atomic mass is 10.1. The van der Waals surface area contributed by atoms with Gasteiger partial charge < -0.3 is 19.1 Å². The van der Waals surface area contributed by atoms with Crippen LogP contribution in [0.4, 0.5) is 9.18 Å². The van der Waals surface area contributed by atoms with Gasteiger partial charge in [-0.2, -0.15) is 0 Å². The Balaban J connectivity index is 1.90. The van der Waals surface area contributed by atoms with E-state index < -0.39 is 12.3 Å². The highest BCUT2D eigenvalue weighted by molar-refractivity contribution is 5.68. The topological polar surface area (TPSA) is 48.0 Å². The second kappa shape index (κ2) is 9.10. The van der Waals surface area contributed by atoms with Crippen LogP contribution in [0.1, 0.15) is 47.0 Å². The average molecular weight is 367 g/mol. The summed E-state index contributed by atoms with van der Waals surface area (Å²) in [5, 5.41) is 0. The number of alkyl halides is 1. The Hall–Kier alpha value is -1.98. The molecule has 0 radical (unpaired) electrons. The number of likely N-dealkylation sites (tertiary alicyclic amines) is 1. The molecule has 0 bridgehead atoms. The SMILES string of the molecule is CC(CC1CCCN1C(=O)OC(C)(C)C)Oc1cccc(OCCF)c1. The zero-order valence-corrected chi connectivity index (χ0v) is 16.2. The fourth-order valence-corrected chi connectivity index (χ4v) is 3.10. The molecule has 1 aromatic carbocycles. The quantitative estimate of drug-likeness (QED) is 0.707. The third kappa shape index (κ3) is 6.39. The van der Waals surface area contributed by atoms with Crippen molar-refractivity contribution in [1.29, 1.82) is 0 Å². The van der Waals surface area contributed by atoms with Crippen molar-refractivity contribution in [3.63, 3.8) is 0 Å². The summed E-state index contributed by atoms with van der Waals surface area (Å²) >= 11 is 0. The Morgan fingerprint density at radius 2 is 2.08 bits per heavy atom. The molecule has 1 aliphatic rings. The maximum absolute atomic E-state index is 12.4. The van der Waals surface area contributed by atoms with Crippen LogP contribution in [0.25, 0.3) is 0 Å². The molecule has 0 N–H and O–H groups in total. The van der Waals surface area contributed by atoms with E-state index in [0.717, 1.165) is 25.8 Å². The molecular formula is C20H30FNO4. The predicted octanol–water partition coefficient (Wildman–Crippen LogP) is 4.59. The van der Waals surface area contributed by atoms with Gasteiger partial charge in [0.1, 0.15) is 30.4 Å². The van der Waals surface area contributed by atoms with Gasteiger partial charge in [-0.3, -0.25) is 0 Å². The molecule has 1 saturated heterocycles. The summed E-state index contributed by atoms with van der Waals surface area (Å²) in [6.07, 6.45) is 2.33. The second-order valence-electron chi connectivity index (χ2n) is 7.65. The minimum absolute atomic E-state index is 0.0337. The number of carbonyl (C=O) groups excluding carboxylic acids is 1. The molecule has 1 fully saturated rings. The minimum Gasteiger partial charge on any atom is -0.491 e. The molecule has 26 heavy (non-hydrogen) atoms. The average Bonchev–Trinajstić information content (AvgIpc) is 2.99. The molecule has 0 spiro atoms. The number of hydrogen-bond donors (Lipinski definition) is 0. The maximum atomic E-state index is 12.4. The smallest absolute Gasteiger partial charge is 0.410 e. The molecule has 2 unspecified atom stereocenters. The van der Waals surface area contributed by atoms with Crippen molar-refractivity contribution in [1.82, 2.24) is 4.90 Å². The van der Waals surface area contributed by atoms with Crippen LogP contribution < -0.4 is 9.47 Å². The summed E-state index contributed by atoms with van der Waals surface area (Å²) in [6.45, 7) is 7.84. The number of ether oxygens (including phenoxy) is 3. The lowest BCUT2D eigenvalue weighted by Gasteiger charge is -2.30. The van der Waals surface area contributed by atoms with Crippen LogP contribution in [0.5, 0.6) is 11.5 Å². The fourth-order valence-electron chi connectivity index (χ4n) is 3.10. The summed E-state index contributed by atoms with van der Waals surface area (Å²) in [5.74, 6) is 1.26. The van der Waals surface area contributed by atoms with E-state index in [0.29, 0.717) is 11.5 Å². The maximum Gasteiger partial charge on any atom is 0.410 e. The van der Waals surface area contributed by atoms with Crippen molar-refractivity contribution in [2.24, 2.45) is 0 Å². The Morgan fingerprint density at radius 3 is 2.77 bits per heavy atom. The Bertz CT molecular complexity index is 587. The van der Waals surface area contributed by atoms with E-state index in [2.05, 4.69) is 0 Å². The number of carbonyl (C=O) groups is 1. The summed E-state index contributed by atoms with van der Waals surface area (Å²) in [5.41, 5.74) is -0.494. The first kappa shape index (κ1) is 20.3. The number of nitrogens with zero attached hydrogens (tertiary/aromatic N) is 1. The molecule has 1 amide bonds. The molecular weight excluding hydrogens is 337 g/mol. The molecule has 146 valence electrons. The van der Waals surface area contributed by atoms with Crippen LogP contribution in [0, 0.1) is 0 Å². The molecule has 0 saturated carbocycles. The number of hydrogen-bond acceptors (Lipinski definition) is 4. The van der Waals surface area contributed by atoms with Gasteiger partial charge in [-0.05, 0) is 52.7 Å². The number of rotatable bonds is 7. The van der Waals surface area contributed by atoms with E-state index >= 15 is 0 Å². The molecule has 1 aliphatic heterocycles. The van der Waals surface area contributed by atoms with Gasteiger partial charge in [-0.1, -0.05) is 6.07 Å². The van der Waals surface area contributed by atoms with Gasteiger partial charge in [0.25, 0.3) is 0 Å². The zero-order valence-electron chi connectivity index (χ0n) is 16.2. The molecule has 6 heteroatoms. The van der Waals surface area contributed by atoms with Gasteiger partial charge in [-0.15, -0.1) is 0 Å². The molecule has 5 nitrogen and oxygen atoms in total. The van der Waals surface area contributed by atoms with Gasteiger partial charge in [0, 0.05) is 25.1 Å². The van der Waals surface area contributed by atoms with E-state index in [9.17, 15) is 9.18 Å². The third-order valence-electron chi connectivity index (χ3n) is 4.10. The molecule has 2 rings (SSSR count). The van der Waals surface area contributed by atoms with Crippen LogP contribution in [-0.4, -0.2) is 48.6 Å². The van der Waals surface area contributed by atoms with Crippen LogP contribution in [-0.2, 0) is 4.74 Å². The summed E-state index contributed by atoms with van der Waals surface area (Å²) in [7, 11) is 0. The van der Waals surface area contributed by atoms with Gasteiger partial charge >= 0.3 is 6.09 Å². The highest BCUT2D eigenvalue weighted by Gasteiger charge is 2.33. The van der Waals surface area contributed by atoms with Crippen molar-refractivity contribution in [3.8, 4) is 11.5 Å². The fraction of sp³-hybridized carbons (Fsp3) is 0.650. The summed E-state index contributed by atoms with van der Waals surface area (Å²) in [6, 6.07) is 7.31. The predicted molar refractivity (Wildman–Crippen MR) is 98.6 cm³/mol. The van der Waals surface area contributed by atoms with Gasteiger partial charge in [0.05, 0.1) is 6.10 Å². The van der Waals surface area contributed by atoms with E-state index in [4.69, 9.17) is 14.2 Å². The van der Waals surface area contributed by atoms with Crippen molar-refractivity contribution in [3.05, 3.63) is 24.3 Å². The monoisotopic (exact) mass is 367 g/mol. The van der Waals surface area contributed by atoms with Crippen molar-refractivity contribution < 1.29 is 23.4 Å². The Kier molecular flexibility index (Phi) is 7.12. The lowest BCUT2D eigenvalue weighted by Crippen LogP contribution is -2.41. The molecule has 0 aromatic heterocycles. The standard InChI is InChI=1S/C20H30FNO4/c1-15(25-18-9-5-8-17(14-18)24-12-10-21)13-16-7-6-11-22(16)19(23)26-20(2,3)4/h5,8-9,14-16H,6-7,10-13H2,1-4H3. The Morgan fingerprint density at radius 1 is 1.35 bits per heavy atom. The first-order chi connectivity index (χ1) is 12.3. The van der Waals surface area contributed by atoms with Crippen LogP contribution in [0.15, 0.2) is 24.3 Å². The van der Waals surface area contributed by atoms with Crippen LogP contribution in [0.2, 0.25) is 0 Å². The molecule has 1 heterocycles. The highest BCUT2D eigenvalue weighted by atomic mass is 19.1. The number of benzene rings is 1. The molecule has 1 aromatic rings. The third-order valence-corrected chi connectivity index (χ3v) is 4.10. The summed E-state index contributed by atoms with van der Waals surface area (Å²) in [4.78, 5) is 14.2. The van der Waals surface area contributed by atoms with Crippen molar-refractivity contribution in [2.45, 2.75) is 64.7 Å². The minimum atomic E-state index is -0.524. The Labute approximate surface area is 155 Å². The van der Waals surface area contributed by atoms with Gasteiger partial charge in [-0.25, -0.2) is 9.18 Å². The summed E-state index contributed by atoms with van der Waals surface area (Å²) < 4.78 is 29.0. The van der Waals surface area contributed by atoms with Crippen molar-refractivity contribution >= 4 is 6.09 Å². The number of halogens is 1. The van der Waals surface area contributed by atoms with Gasteiger partial charge in [0.15, 0.2) is 0 Å². The first-order valence-electron chi connectivity index (χ1n) is 9.23. The van der Waals surface area contributed by atoms with E-state index in [1.165, 1.54) is 0 Å². The van der Waals surface area contributed by atoms with E-state index in [1.54, 1.807) is 12.1 Å². The first-order valence-corrected chi connectivity index (χ1v) is 9.23. The van der Waals surface area contributed by atoms with E-state index in [1.807, 2.05) is 44.7 Å². The molecule has 0 aliphatic carbocycles. The largest absolute Gasteiger partial charge is 0.491 e. The van der Waals surface area contributed by atoms with E-state index in [-0.39, 0.29) is 24.8 Å². The highest BCUT2D eigenvalue weighted by Crippen LogP contribution is 2.26. The molecule has 2 atom stereocenters. The number of amides is 1. The van der Waals surface area contributed by atoms with Crippen LogP contribution >= 0.6 is 0 Å². The van der Waals surface area contributed by atoms with Gasteiger partial charge in [0.2, 0.25) is 0 Å². The van der Waals surface area contributed by atoms with Crippen molar-refractivity contribution in [2.75, 3.05) is 19.8 Å². The lowest BCUT2D eigenvalue weighted by molar-refractivity contribution is 0.0194.